The number of nitrogens with one attached hydrogen (secondary N) is 1. The fourth-order valence-electron chi connectivity index (χ4n) is 1.65. The maximum Gasteiger partial charge on any atom is 0.173 e. The van der Waals surface area contributed by atoms with Crippen LogP contribution in [0, 0.1) is 0 Å². The Morgan fingerprint density at radius 2 is 2.07 bits per heavy atom. The van der Waals surface area contributed by atoms with Gasteiger partial charge in [0.05, 0.1) is 5.75 Å². The smallest absolute Gasteiger partial charge is 0.173 e. The van der Waals surface area contributed by atoms with Gasteiger partial charge in [-0.15, -0.1) is 0 Å². The quantitative estimate of drug-likeness (QED) is 0.712. The van der Waals surface area contributed by atoms with Crippen molar-refractivity contribution in [3.63, 3.8) is 0 Å². The number of likely N-dealkylation sites (N-methyl/N-ethyl adjacent to an activating group) is 1. The first-order valence-electron chi connectivity index (χ1n) is 5.44. The molecule has 0 saturated heterocycles. The van der Waals surface area contributed by atoms with Crippen LogP contribution >= 0.6 is 0 Å². The number of nitrogens with zero attached hydrogens (tertiary/aromatic N) is 1. The monoisotopic (exact) mass is 232 g/mol. The van der Waals surface area contributed by atoms with Gasteiger partial charge in [0.25, 0.3) is 0 Å². The molecule has 0 aromatic heterocycles. The van der Waals surface area contributed by atoms with Crippen LogP contribution in [-0.2, 0) is 9.84 Å². The summed E-state index contributed by atoms with van der Waals surface area (Å²) in [6, 6.07) is 0.00515. The molecule has 88 valence electrons. The lowest BCUT2D eigenvalue weighted by atomic mass is 10.3. The fourth-order valence-corrected chi connectivity index (χ4v) is 2.92. The molecule has 0 spiro atoms. The van der Waals surface area contributed by atoms with Gasteiger partial charge in [0.15, 0.2) is 9.84 Å². The summed E-state index contributed by atoms with van der Waals surface area (Å²) in [7, 11) is -2.91. The Kier molecular flexibility index (Phi) is 4.76. The van der Waals surface area contributed by atoms with Gasteiger partial charge in [-0.1, -0.05) is 19.9 Å². The average Bonchev–Trinajstić information content (AvgIpc) is 2.53. The fraction of sp³-hybridized carbons (Fsp3) is 0.800. The van der Waals surface area contributed by atoms with Crippen LogP contribution in [0.5, 0.6) is 0 Å². The lowest BCUT2D eigenvalue weighted by Crippen LogP contribution is -2.37. The molecule has 1 rings (SSSR count). The van der Waals surface area contributed by atoms with Crippen molar-refractivity contribution < 1.29 is 8.42 Å². The number of sulfone groups is 1. The van der Waals surface area contributed by atoms with Crippen LogP contribution in [0.15, 0.2) is 11.5 Å². The summed E-state index contributed by atoms with van der Waals surface area (Å²) < 4.78 is 22.2. The van der Waals surface area contributed by atoms with Crippen molar-refractivity contribution in [2.24, 2.45) is 0 Å². The molecule has 0 aromatic carbocycles. The molecule has 0 aromatic rings. The van der Waals surface area contributed by atoms with Crippen molar-refractivity contribution in [1.29, 1.82) is 0 Å². The van der Waals surface area contributed by atoms with Crippen molar-refractivity contribution >= 4 is 9.84 Å². The Labute approximate surface area is 92.3 Å². The zero-order valence-electron chi connectivity index (χ0n) is 9.44. The molecule has 1 unspecified atom stereocenters. The molecular weight excluding hydrogens is 212 g/mol. The molecule has 1 aliphatic rings. The van der Waals surface area contributed by atoms with E-state index in [-0.39, 0.29) is 11.8 Å². The van der Waals surface area contributed by atoms with Crippen LogP contribution in [0.3, 0.4) is 0 Å². The SMILES string of the molecule is CCN(CC)CCNC1C=CS(=O)(=O)C1. The third kappa shape index (κ3) is 4.32. The Bertz CT molecular complexity index is 307. The molecule has 4 nitrogen and oxygen atoms in total. The Morgan fingerprint density at radius 3 is 2.53 bits per heavy atom. The maximum atomic E-state index is 11.1. The van der Waals surface area contributed by atoms with E-state index in [0.717, 1.165) is 26.2 Å². The van der Waals surface area contributed by atoms with Gasteiger partial charge in [0.1, 0.15) is 0 Å². The van der Waals surface area contributed by atoms with E-state index in [4.69, 9.17) is 0 Å². The van der Waals surface area contributed by atoms with Crippen molar-refractivity contribution in [3.8, 4) is 0 Å². The molecule has 15 heavy (non-hydrogen) atoms. The molecule has 1 N–H and O–H groups in total. The lowest BCUT2D eigenvalue weighted by Gasteiger charge is -2.19. The predicted molar refractivity (Wildman–Crippen MR) is 62.5 cm³/mol. The first-order chi connectivity index (χ1) is 7.07. The van der Waals surface area contributed by atoms with Gasteiger partial charge in [-0.25, -0.2) is 8.42 Å². The Hall–Kier alpha value is -0.390. The van der Waals surface area contributed by atoms with Gasteiger partial charge in [-0.3, -0.25) is 0 Å². The van der Waals surface area contributed by atoms with E-state index in [0.29, 0.717) is 0 Å². The minimum atomic E-state index is -2.91. The van der Waals surface area contributed by atoms with E-state index in [1.54, 1.807) is 6.08 Å². The molecule has 1 aliphatic heterocycles. The molecule has 0 aliphatic carbocycles. The van der Waals surface area contributed by atoms with Crippen molar-refractivity contribution in [2.75, 3.05) is 31.9 Å². The van der Waals surface area contributed by atoms with Crippen LogP contribution in [-0.4, -0.2) is 51.3 Å². The third-order valence-electron chi connectivity index (χ3n) is 2.66. The number of hydrogen-bond donors (Lipinski definition) is 1. The molecular formula is C10H20N2O2S. The summed E-state index contributed by atoms with van der Waals surface area (Å²) in [5.74, 6) is 0.214. The summed E-state index contributed by atoms with van der Waals surface area (Å²) in [5, 5.41) is 4.54. The average molecular weight is 232 g/mol. The highest BCUT2D eigenvalue weighted by molar-refractivity contribution is 7.94. The minimum Gasteiger partial charge on any atom is -0.308 e. The Balaban J connectivity index is 2.20. The predicted octanol–water partition coefficient (Wildman–Crippen LogP) is 0.229. The summed E-state index contributed by atoms with van der Waals surface area (Å²) in [6.45, 7) is 8.14. The highest BCUT2D eigenvalue weighted by Crippen LogP contribution is 2.07. The summed E-state index contributed by atoms with van der Waals surface area (Å²) in [5.41, 5.74) is 0. The van der Waals surface area contributed by atoms with Gasteiger partial charge in [0, 0.05) is 24.5 Å². The minimum absolute atomic E-state index is 0.00515. The van der Waals surface area contributed by atoms with Crippen molar-refractivity contribution in [3.05, 3.63) is 11.5 Å². The van der Waals surface area contributed by atoms with E-state index in [1.807, 2.05) is 0 Å². The van der Waals surface area contributed by atoms with Crippen LogP contribution in [0.1, 0.15) is 13.8 Å². The van der Waals surface area contributed by atoms with Gasteiger partial charge in [0.2, 0.25) is 0 Å². The van der Waals surface area contributed by atoms with E-state index in [2.05, 4.69) is 24.1 Å². The van der Waals surface area contributed by atoms with E-state index >= 15 is 0 Å². The van der Waals surface area contributed by atoms with Crippen molar-refractivity contribution in [2.45, 2.75) is 19.9 Å². The second kappa shape index (κ2) is 5.63. The van der Waals surface area contributed by atoms with Gasteiger partial charge < -0.3 is 10.2 Å². The number of hydrogen-bond acceptors (Lipinski definition) is 4. The summed E-state index contributed by atoms with van der Waals surface area (Å²) in [6.07, 6.45) is 1.73. The summed E-state index contributed by atoms with van der Waals surface area (Å²) in [4.78, 5) is 2.31. The van der Waals surface area contributed by atoms with E-state index in [9.17, 15) is 8.42 Å². The Morgan fingerprint density at radius 1 is 1.40 bits per heavy atom. The molecule has 0 radical (unpaired) electrons. The van der Waals surface area contributed by atoms with E-state index in [1.165, 1.54) is 5.41 Å². The number of rotatable bonds is 6. The third-order valence-corrected chi connectivity index (χ3v) is 4.05. The maximum absolute atomic E-state index is 11.1. The highest BCUT2D eigenvalue weighted by Gasteiger charge is 2.20. The largest absolute Gasteiger partial charge is 0.308 e. The van der Waals surface area contributed by atoms with Crippen LogP contribution in [0.2, 0.25) is 0 Å². The van der Waals surface area contributed by atoms with Gasteiger partial charge >= 0.3 is 0 Å². The van der Waals surface area contributed by atoms with E-state index < -0.39 is 9.84 Å². The second-order valence-electron chi connectivity index (χ2n) is 3.75. The molecule has 0 amide bonds. The van der Waals surface area contributed by atoms with Crippen LogP contribution in [0.25, 0.3) is 0 Å². The van der Waals surface area contributed by atoms with Crippen LogP contribution in [0.4, 0.5) is 0 Å². The standard InChI is InChI=1S/C10H20N2O2S/c1-3-12(4-2)7-6-11-10-5-8-15(13,14)9-10/h5,8,10-11H,3-4,6-7,9H2,1-2H3. The topological polar surface area (TPSA) is 49.4 Å². The van der Waals surface area contributed by atoms with Crippen LogP contribution < -0.4 is 5.32 Å². The molecule has 0 fully saturated rings. The zero-order chi connectivity index (χ0) is 11.3. The zero-order valence-corrected chi connectivity index (χ0v) is 10.3. The molecule has 1 atom stereocenters. The molecule has 0 saturated carbocycles. The molecule has 0 bridgehead atoms. The van der Waals surface area contributed by atoms with Gasteiger partial charge in [-0.05, 0) is 13.1 Å². The molecule has 5 heteroatoms. The molecule has 1 heterocycles. The second-order valence-corrected chi connectivity index (χ2v) is 5.68. The van der Waals surface area contributed by atoms with Gasteiger partial charge in [-0.2, -0.15) is 0 Å². The summed E-state index contributed by atoms with van der Waals surface area (Å²) >= 11 is 0. The normalized spacial score (nSPS) is 23.8. The van der Waals surface area contributed by atoms with Crippen molar-refractivity contribution in [1.82, 2.24) is 10.2 Å². The first-order valence-corrected chi connectivity index (χ1v) is 7.15. The highest BCUT2D eigenvalue weighted by atomic mass is 32.2. The lowest BCUT2D eigenvalue weighted by molar-refractivity contribution is 0.301. The first kappa shape index (κ1) is 12.7.